The van der Waals surface area contributed by atoms with Gasteiger partial charge in [-0.2, -0.15) is 5.26 Å². The number of hydrogen-bond donors (Lipinski definition) is 0. The third-order valence-corrected chi connectivity index (χ3v) is 4.17. The van der Waals surface area contributed by atoms with Crippen molar-refractivity contribution in [2.24, 2.45) is 0 Å². The van der Waals surface area contributed by atoms with Gasteiger partial charge in [0.2, 0.25) is 0 Å². The third kappa shape index (κ3) is 1.31. The van der Waals surface area contributed by atoms with Crippen molar-refractivity contribution in [3.8, 4) is 6.07 Å². The second-order valence-corrected chi connectivity index (χ2v) is 5.54. The van der Waals surface area contributed by atoms with Crippen molar-refractivity contribution in [2.45, 2.75) is 13.8 Å². The van der Waals surface area contributed by atoms with E-state index in [2.05, 4.69) is 50.2 Å². The van der Waals surface area contributed by atoms with Crippen LogP contribution in [0.2, 0.25) is 0 Å². The Morgan fingerprint density at radius 1 is 0.850 bits per heavy atom. The molecular formula is C19H13N. The molecule has 94 valence electrons. The molecule has 0 heterocycles. The highest BCUT2D eigenvalue weighted by Gasteiger charge is 2.13. The summed E-state index contributed by atoms with van der Waals surface area (Å²) in [6.45, 7) is 4.27. The van der Waals surface area contributed by atoms with Gasteiger partial charge in [-0.15, -0.1) is 0 Å². The Morgan fingerprint density at radius 3 is 2.45 bits per heavy atom. The van der Waals surface area contributed by atoms with E-state index in [1.807, 2.05) is 12.1 Å². The quantitative estimate of drug-likeness (QED) is 0.402. The molecule has 1 nitrogen and oxygen atoms in total. The Labute approximate surface area is 117 Å². The van der Waals surface area contributed by atoms with Crippen molar-refractivity contribution in [3.63, 3.8) is 0 Å². The maximum atomic E-state index is 9.43. The van der Waals surface area contributed by atoms with E-state index >= 15 is 0 Å². The van der Waals surface area contributed by atoms with Gasteiger partial charge in [-0.25, -0.2) is 0 Å². The first-order valence-electron chi connectivity index (χ1n) is 6.78. The lowest BCUT2D eigenvalue weighted by molar-refractivity contribution is 1.48. The molecule has 4 rings (SSSR count). The van der Waals surface area contributed by atoms with Crippen molar-refractivity contribution >= 4 is 32.3 Å². The van der Waals surface area contributed by atoms with E-state index in [1.165, 1.54) is 38.1 Å². The monoisotopic (exact) mass is 255 g/mol. The number of nitrogens with zero attached hydrogens (tertiary/aromatic N) is 1. The molecule has 0 spiro atoms. The highest BCUT2D eigenvalue weighted by molar-refractivity contribution is 6.25. The second-order valence-electron chi connectivity index (χ2n) is 5.54. The van der Waals surface area contributed by atoms with E-state index in [-0.39, 0.29) is 0 Å². The molecule has 0 unspecified atom stereocenters. The number of benzene rings is 4. The number of hydrogen-bond acceptors (Lipinski definition) is 1. The van der Waals surface area contributed by atoms with E-state index in [0.29, 0.717) is 0 Å². The van der Waals surface area contributed by atoms with E-state index in [1.54, 1.807) is 0 Å². The van der Waals surface area contributed by atoms with Gasteiger partial charge in [-0.1, -0.05) is 36.4 Å². The molecule has 0 saturated carbocycles. The molecule has 4 aromatic rings. The third-order valence-electron chi connectivity index (χ3n) is 4.17. The maximum absolute atomic E-state index is 9.43. The predicted octanol–water partition coefficient (Wildman–Crippen LogP) is 5.07. The van der Waals surface area contributed by atoms with Crippen LogP contribution in [0.4, 0.5) is 0 Å². The zero-order valence-corrected chi connectivity index (χ0v) is 11.5. The van der Waals surface area contributed by atoms with Gasteiger partial charge >= 0.3 is 0 Å². The highest BCUT2D eigenvalue weighted by atomic mass is 14.3. The molecular weight excluding hydrogens is 242 g/mol. The first kappa shape index (κ1) is 11.3. The lowest BCUT2D eigenvalue weighted by Crippen LogP contribution is -1.90. The molecule has 0 aliphatic rings. The summed E-state index contributed by atoms with van der Waals surface area (Å²) in [5, 5.41) is 16.7. The fraction of sp³-hybridized carbons (Fsp3) is 0.105. The summed E-state index contributed by atoms with van der Waals surface area (Å²) in [6.07, 6.45) is 0. The molecule has 0 amide bonds. The number of nitriles is 1. The molecule has 20 heavy (non-hydrogen) atoms. The van der Waals surface area contributed by atoms with Crippen LogP contribution in [0.1, 0.15) is 16.7 Å². The van der Waals surface area contributed by atoms with Crippen LogP contribution in [-0.2, 0) is 0 Å². The van der Waals surface area contributed by atoms with Crippen LogP contribution in [0.5, 0.6) is 0 Å². The Hall–Kier alpha value is -2.59. The van der Waals surface area contributed by atoms with E-state index in [0.717, 1.165) is 10.9 Å². The fourth-order valence-electron chi connectivity index (χ4n) is 3.35. The van der Waals surface area contributed by atoms with Crippen molar-refractivity contribution in [1.82, 2.24) is 0 Å². The summed E-state index contributed by atoms with van der Waals surface area (Å²) < 4.78 is 0. The van der Waals surface area contributed by atoms with E-state index < -0.39 is 0 Å². The highest BCUT2D eigenvalue weighted by Crippen LogP contribution is 2.38. The van der Waals surface area contributed by atoms with Gasteiger partial charge in [-0.05, 0) is 58.0 Å². The zero-order chi connectivity index (χ0) is 13.9. The summed E-state index contributed by atoms with van der Waals surface area (Å²) >= 11 is 0. The first-order chi connectivity index (χ1) is 9.69. The van der Waals surface area contributed by atoms with E-state index in [4.69, 9.17) is 0 Å². The topological polar surface area (TPSA) is 23.8 Å². The Bertz CT molecular complexity index is 1020. The minimum absolute atomic E-state index is 0.763. The maximum Gasteiger partial charge on any atom is 0.0998 e. The summed E-state index contributed by atoms with van der Waals surface area (Å²) in [5.41, 5.74) is 3.30. The lowest BCUT2D eigenvalue weighted by atomic mass is 9.88. The lowest BCUT2D eigenvalue weighted by Gasteiger charge is -2.14. The summed E-state index contributed by atoms with van der Waals surface area (Å²) in [6, 6.07) is 17.2. The van der Waals surface area contributed by atoms with Crippen LogP contribution >= 0.6 is 0 Å². The molecule has 1 heteroatoms. The average molecular weight is 255 g/mol. The molecule has 0 N–H and O–H groups in total. The smallest absolute Gasteiger partial charge is 0.0998 e. The zero-order valence-electron chi connectivity index (χ0n) is 11.5. The van der Waals surface area contributed by atoms with Gasteiger partial charge in [0.1, 0.15) is 0 Å². The van der Waals surface area contributed by atoms with Gasteiger partial charge in [0.25, 0.3) is 0 Å². The van der Waals surface area contributed by atoms with Crippen LogP contribution in [0.25, 0.3) is 32.3 Å². The van der Waals surface area contributed by atoms with Crippen LogP contribution in [0.3, 0.4) is 0 Å². The van der Waals surface area contributed by atoms with Crippen molar-refractivity contribution in [1.29, 1.82) is 5.26 Å². The molecule has 0 aliphatic carbocycles. The normalized spacial score (nSPS) is 11.4. The SMILES string of the molecule is Cc1cc2cc(C#N)c3cccc4cc(C)c(c1)c2c43. The number of rotatable bonds is 0. The van der Waals surface area contributed by atoms with Gasteiger partial charge in [0.15, 0.2) is 0 Å². The molecule has 0 radical (unpaired) electrons. The Balaban J connectivity index is 2.47. The van der Waals surface area contributed by atoms with Crippen molar-refractivity contribution in [3.05, 3.63) is 59.2 Å². The van der Waals surface area contributed by atoms with Crippen LogP contribution in [0.15, 0.2) is 42.5 Å². The minimum atomic E-state index is 0.763. The summed E-state index contributed by atoms with van der Waals surface area (Å²) in [5.74, 6) is 0. The Kier molecular flexibility index (Phi) is 2.09. The fourth-order valence-corrected chi connectivity index (χ4v) is 3.35. The standard InChI is InChI=1S/C19H13N/c1-11-6-14-9-15(10-20)16-5-3-4-13-8-12(2)17(7-11)19(14)18(13)16/h3-9H,1-2H3. The van der Waals surface area contributed by atoms with Crippen LogP contribution in [-0.4, -0.2) is 0 Å². The first-order valence-corrected chi connectivity index (χ1v) is 6.78. The molecule has 0 saturated heterocycles. The van der Waals surface area contributed by atoms with Crippen LogP contribution in [0, 0.1) is 25.2 Å². The molecule has 0 aliphatic heterocycles. The molecule has 0 aromatic heterocycles. The largest absolute Gasteiger partial charge is 0.192 e. The Morgan fingerprint density at radius 2 is 1.65 bits per heavy atom. The second kappa shape index (κ2) is 3.71. The van der Waals surface area contributed by atoms with Gasteiger partial charge in [0.05, 0.1) is 11.6 Å². The summed E-state index contributed by atoms with van der Waals surface area (Å²) in [7, 11) is 0. The predicted molar refractivity (Wildman–Crippen MR) is 84.3 cm³/mol. The molecule has 0 atom stereocenters. The minimum Gasteiger partial charge on any atom is -0.192 e. The molecule has 4 aromatic carbocycles. The number of aryl methyl sites for hydroxylation is 2. The van der Waals surface area contributed by atoms with E-state index in [9.17, 15) is 5.26 Å². The van der Waals surface area contributed by atoms with Gasteiger partial charge < -0.3 is 0 Å². The molecule has 0 fully saturated rings. The van der Waals surface area contributed by atoms with Crippen molar-refractivity contribution in [2.75, 3.05) is 0 Å². The van der Waals surface area contributed by atoms with Crippen molar-refractivity contribution < 1.29 is 0 Å². The van der Waals surface area contributed by atoms with Crippen LogP contribution < -0.4 is 0 Å². The molecule has 0 bridgehead atoms. The average Bonchev–Trinajstić information content (AvgIpc) is 2.44. The van der Waals surface area contributed by atoms with Gasteiger partial charge in [-0.3, -0.25) is 0 Å². The summed E-state index contributed by atoms with van der Waals surface area (Å²) in [4.78, 5) is 0. The van der Waals surface area contributed by atoms with Gasteiger partial charge in [0, 0.05) is 5.39 Å².